The van der Waals surface area contributed by atoms with Gasteiger partial charge in [-0.2, -0.15) is 4.98 Å². The number of phosphoric ester groups is 1. The molecule has 18 heteroatoms. The summed E-state index contributed by atoms with van der Waals surface area (Å²) >= 11 is 0. The van der Waals surface area contributed by atoms with Crippen LogP contribution in [0.25, 0.3) is 0 Å². The largest absolute Gasteiger partial charge is 1.00 e. The minimum absolute atomic E-state index is 0. The van der Waals surface area contributed by atoms with Crippen LogP contribution in [-0.2, 0) is 42.2 Å². The quantitative estimate of drug-likeness (QED) is 0.131. The van der Waals surface area contributed by atoms with Crippen LogP contribution in [0.15, 0.2) is 28.7 Å². The van der Waals surface area contributed by atoms with Crippen LogP contribution in [0.3, 0.4) is 0 Å². The van der Waals surface area contributed by atoms with Gasteiger partial charge in [-0.15, -0.1) is 0 Å². The van der Waals surface area contributed by atoms with Crippen molar-refractivity contribution >= 4 is 31.5 Å². The van der Waals surface area contributed by atoms with E-state index in [0.717, 1.165) is 18.8 Å². The van der Waals surface area contributed by atoms with Gasteiger partial charge in [-0.25, -0.2) is 9.59 Å². The fraction of sp³-hybridized carbons (Fsp3) is 0.591. The maximum Gasteiger partial charge on any atom is 1.00 e. The molecule has 40 heavy (non-hydrogen) atoms. The number of rotatable bonds is 10. The van der Waals surface area contributed by atoms with Gasteiger partial charge < -0.3 is 43.7 Å². The average Bonchev–Trinajstić information content (AvgIpc) is 3.19. The second kappa shape index (κ2) is 12.5. The molecule has 3 aliphatic rings. The Bertz CT molecular complexity index is 1300. The van der Waals surface area contributed by atoms with Crippen LogP contribution < -0.4 is 45.5 Å². The summed E-state index contributed by atoms with van der Waals surface area (Å²) in [6.45, 7) is -0.0400. The Morgan fingerprint density at radius 2 is 1.90 bits per heavy atom. The molecule has 16 nitrogen and oxygen atoms in total. The van der Waals surface area contributed by atoms with Crippen molar-refractivity contribution in [3.8, 4) is 0 Å². The number of aliphatic hydroxyl groups is 2. The van der Waals surface area contributed by atoms with E-state index >= 15 is 0 Å². The molecule has 0 bridgehead atoms. The molecule has 1 aromatic heterocycles. The molecule has 214 valence electrons. The normalized spacial score (nSPS) is 31.7. The zero-order chi connectivity index (χ0) is 28.7. The van der Waals surface area contributed by atoms with Gasteiger partial charge in [0.1, 0.15) is 29.5 Å². The van der Waals surface area contributed by atoms with Crippen molar-refractivity contribution in [2.24, 2.45) is 17.3 Å². The molecule has 2 heterocycles. The van der Waals surface area contributed by atoms with Crippen molar-refractivity contribution in [2.45, 2.75) is 37.9 Å². The molecular formula is C22H27N3NaO13P. The van der Waals surface area contributed by atoms with Crippen LogP contribution in [0.4, 0.5) is 5.82 Å². The molecule has 1 unspecified atom stereocenters. The fourth-order valence-corrected chi connectivity index (χ4v) is 5.97. The summed E-state index contributed by atoms with van der Waals surface area (Å²) in [6.07, 6.45) is -3.06. The van der Waals surface area contributed by atoms with Crippen LogP contribution in [0, 0.1) is 17.3 Å². The van der Waals surface area contributed by atoms with Crippen molar-refractivity contribution in [1.82, 2.24) is 9.55 Å². The number of nitrogens with one attached hydrogen (secondary N) is 1. The number of hydrogen-bond donors (Lipinski definition) is 3. The predicted octanol–water partition coefficient (Wildman–Crippen LogP) is -4.76. The molecule has 4 rings (SSSR count). The Morgan fingerprint density at radius 1 is 1.23 bits per heavy atom. The molecule has 0 spiro atoms. The van der Waals surface area contributed by atoms with Crippen LogP contribution in [0.2, 0.25) is 0 Å². The van der Waals surface area contributed by atoms with Crippen molar-refractivity contribution in [3.05, 3.63) is 34.4 Å². The zero-order valence-electron chi connectivity index (χ0n) is 22.0. The number of hydrogen-bond acceptors (Lipinski definition) is 14. The third-order valence-electron chi connectivity index (χ3n) is 7.05. The molecule has 0 aromatic carbocycles. The van der Waals surface area contributed by atoms with Crippen LogP contribution in [0.1, 0.15) is 19.6 Å². The summed E-state index contributed by atoms with van der Waals surface area (Å²) in [4.78, 5) is 64.2. The number of carbonyl (C=O) groups excluding carboxylic acids is 3. The Labute approximate surface area is 249 Å². The standard InChI is InChI=1S/C22H28N3O13P.Na/c1-10(26)23-15-6-7-25(21(31)24-15)18-17(28)16(27)14(38-18)9-37-39(32,33)36-8-13-11-4-5-12(19(29)34-2)22(11,13)20(30)35-3;/h5-7,11,13-14,16-18,27-28H,4,8-9H2,1-3H3,(H,32,33)(H,23,24,26,31);/q;+1/p-1/t11-,13+,14+,16+,17+,18+,22-;/m0./s1. The van der Waals surface area contributed by atoms with Gasteiger partial charge in [-0.3, -0.25) is 18.7 Å². The Kier molecular flexibility index (Phi) is 10.2. The maximum atomic E-state index is 12.5. The summed E-state index contributed by atoms with van der Waals surface area (Å²) in [5.74, 6) is -3.04. The first-order chi connectivity index (χ1) is 18.4. The smallest absolute Gasteiger partial charge is 0.756 e. The van der Waals surface area contributed by atoms with E-state index in [1.807, 2.05) is 0 Å². The van der Waals surface area contributed by atoms with E-state index in [0.29, 0.717) is 6.42 Å². The maximum absolute atomic E-state index is 12.5. The first kappa shape index (κ1) is 32.5. The fourth-order valence-electron chi connectivity index (χ4n) is 5.22. The number of methoxy groups -OCH3 is 2. The van der Waals surface area contributed by atoms with Crippen molar-refractivity contribution in [2.75, 3.05) is 32.8 Å². The number of nitrogens with zero attached hydrogens (tertiary/aromatic N) is 2. The molecule has 1 saturated heterocycles. The number of anilines is 1. The SMILES string of the molecule is COC(=O)C1=CC[C@H]2[C@@H](COP(=O)([O-])OC[C@H]3O[C@@H](n4ccc(NC(C)=O)nc4=O)[C@H](O)[C@@H]3O)[C@@]12C(=O)OC.[Na+]. The number of allylic oxidation sites excluding steroid dienone is 1. The van der Waals surface area contributed by atoms with Gasteiger partial charge in [0.05, 0.1) is 33.0 Å². The van der Waals surface area contributed by atoms with Crippen molar-refractivity contribution in [1.29, 1.82) is 0 Å². The monoisotopic (exact) mass is 595 g/mol. The minimum atomic E-state index is -5.02. The molecular weight excluding hydrogens is 568 g/mol. The Morgan fingerprint density at radius 3 is 2.50 bits per heavy atom. The molecule has 3 N–H and O–H groups in total. The van der Waals surface area contributed by atoms with Crippen LogP contribution in [0.5, 0.6) is 0 Å². The first-order valence-electron chi connectivity index (χ1n) is 11.7. The van der Waals surface area contributed by atoms with E-state index in [2.05, 4.69) is 10.3 Å². The van der Waals surface area contributed by atoms with Gasteiger partial charge in [-0.1, -0.05) is 6.08 Å². The van der Waals surface area contributed by atoms with E-state index in [1.165, 1.54) is 19.2 Å². The minimum Gasteiger partial charge on any atom is -0.756 e. The summed E-state index contributed by atoms with van der Waals surface area (Å²) in [6, 6.07) is 1.27. The number of carbonyl (C=O) groups is 3. The third kappa shape index (κ3) is 5.97. The molecule has 1 amide bonds. The molecule has 0 radical (unpaired) electrons. The third-order valence-corrected chi connectivity index (χ3v) is 7.98. The second-order valence-electron chi connectivity index (χ2n) is 9.19. The molecule has 1 aromatic rings. The summed E-state index contributed by atoms with van der Waals surface area (Å²) in [5, 5.41) is 23.0. The van der Waals surface area contributed by atoms with Crippen molar-refractivity contribution in [3.63, 3.8) is 0 Å². The van der Waals surface area contributed by atoms with Crippen molar-refractivity contribution < 1.29 is 86.9 Å². The van der Waals surface area contributed by atoms with Crippen LogP contribution in [-0.4, -0.2) is 83.4 Å². The van der Waals surface area contributed by atoms with Gasteiger partial charge in [0.15, 0.2) is 6.23 Å². The number of aliphatic hydroxyl groups excluding tert-OH is 2. The molecule has 1 saturated carbocycles. The molecule has 2 fully saturated rings. The van der Waals surface area contributed by atoms with E-state index < -0.39 is 86.4 Å². The number of amides is 1. The first-order valence-corrected chi connectivity index (χ1v) is 13.2. The van der Waals surface area contributed by atoms with E-state index in [4.69, 9.17) is 23.3 Å². The average molecular weight is 595 g/mol. The number of aromatic nitrogens is 2. The topological polar surface area (TPSA) is 225 Å². The molecule has 2 aliphatic carbocycles. The number of esters is 2. The number of fused-ring (bicyclic) bond motifs is 1. The summed E-state index contributed by atoms with van der Waals surface area (Å²) in [7, 11) is -2.71. The van der Waals surface area contributed by atoms with Gasteiger partial charge in [0, 0.05) is 19.0 Å². The van der Waals surface area contributed by atoms with Crippen LogP contribution >= 0.6 is 7.82 Å². The van der Waals surface area contributed by atoms with Gasteiger partial charge in [0.2, 0.25) is 5.91 Å². The van der Waals surface area contributed by atoms with E-state index in [9.17, 15) is 38.8 Å². The summed E-state index contributed by atoms with van der Waals surface area (Å²) < 4.78 is 38.1. The Hall–Kier alpha value is -1.98. The van der Waals surface area contributed by atoms with Gasteiger partial charge in [-0.05, 0) is 18.4 Å². The second-order valence-corrected chi connectivity index (χ2v) is 10.6. The summed E-state index contributed by atoms with van der Waals surface area (Å²) in [5.41, 5.74) is -2.21. The van der Waals surface area contributed by atoms with Gasteiger partial charge in [0.25, 0.3) is 7.82 Å². The number of ether oxygens (including phenoxy) is 3. The molecule has 8 atom stereocenters. The number of phosphoric acid groups is 1. The molecule has 1 aliphatic heterocycles. The zero-order valence-corrected chi connectivity index (χ0v) is 24.9. The van der Waals surface area contributed by atoms with E-state index in [1.54, 1.807) is 6.08 Å². The van der Waals surface area contributed by atoms with E-state index in [-0.39, 0.29) is 40.9 Å². The van der Waals surface area contributed by atoms with Gasteiger partial charge >= 0.3 is 47.2 Å². The predicted molar refractivity (Wildman–Crippen MR) is 124 cm³/mol. The Balaban J connectivity index is 0.00000441.